The minimum atomic E-state index is 0.0313. The molecule has 1 heterocycles. The zero-order chi connectivity index (χ0) is 17.3. The molecule has 1 fully saturated rings. The molecule has 1 N–H and O–H groups in total. The van der Waals surface area contributed by atoms with E-state index in [1.54, 1.807) is 0 Å². The minimum absolute atomic E-state index is 0.0313. The molecule has 3 rings (SSSR count). The largest absolute Gasteiger partial charge is 0.356 e. The van der Waals surface area contributed by atoms with E-state index in [1.165, 1.54) is 0 Å². The van der Waals surface area contributed by atoms with Crippen LogP contribution in [0, 0.1) is 17.3 Å². The van der Waals surface area contributed by atoms with Crippen LogP contribution < -0.4 is 5.32 Å². The molecule has 0 spiro atoms. The molecule has 128 valence electrons. The first-order valence-corrected chi connectivity index (χ1v) is 8.69. The lowest BCUT2D eigenvalue weighted by atomic mass is 9.57. The van der Waals surface area contributed by atoms with Crippen molar-refractivity contribution in [1.29, 1.82) is 0 Å². The van der Waals surface area contributed by atoms with Crippen LogP contribution in [0.3, 0.4) is 0 Å². The number of rotatable bonds is 5. The van der Waals surface area contributed by atoms with E-state index in [9.17, 15) is 4.79 Å². The van der Waals surface area contributed by atoms with Crippen molar-refractivity contribution in [2.45, 2.75) is 46.6 Å². The smallest absolute Gasteiger partial charge is 0.222 e. The number of amides is 1. The Hall–Kier alpha value is -2.10. The van der Waals surface area contributed by atoms with Gasteiger partial charge in [0, 0.05) is 23.6 Å². The summed E-state index contributed by atoms with van der Waals surface area (Å²) < 4.78 is 5.49. The zero-order valence-electron chi connectivity index (χ0n) is 14.9. The molecule has 1 aliphatic rings. The van der Waals surface area contributed by atoms with Crippen LogP contribution in [0.25, 0.3) is 11.3 Å². The summed E-state index contributed by atoms with van der Waals surface area (Å²) >= 11 is 0. The summed E-state index contributed by atoms with van der Waals surface area (Å²) in [6.07, 6.45) is 1.89. The number of hydrogen-bond acceptors (Lipinski definition) is 3. The number of aromatic nitrogens is 1. The van der Waals surface area contributed by atoms with Crippen molar-refractivity contribution in [1.82, 2.24) is 10.5 Å². The summed E-state index contributed by atoms with van der Waals surface area (Å²) in [5, 5.41) is 7.40. The zero-order valence-corrected chi connectivity index (χ0v) is 14.9. The third-order valence-electron chi connectivity index (χ3n) is 5.38. The highest BCUT2D eigenvalue weighted by molar-refractivity contribution is 5.78. The topological polar surface area (TPSA) is 55.1 Å². The highest BCUT2D eigenvalue weighted by atomic mass is 16.5. The molecule has 1 aliphatic carbocycles. The second kappa shape index (κ2) is 6.42. The van der Waals surface area contributed by atoms with E-state index in [4.69, 9.17) is 4.52 Å². The molecule has 1 aromatic carbocycles. The van der Waals surface area contributed by atoms with E-state index in [0.29, 0.717) is 5.92 Å². The number of hydrogen-bond donors (Lipinski definition) is 1. The van der Waals surface area contributed by atoms with E-state index >= 15 is 0 Å². The number of carbonyl (C=O) groups is 1. The van der Waals surface area contributed by atoms with E-state index in [0.717, 1.165) is 29.9 Å². The standard InChI is InChI=1S/C20H26N2O2/c1-13(2)19(23)21-18-11-15(20(18,3)4)10-16-12-17(24-22-16)14-8-6-5-7-9-14/h5-9,12-13,15,18H,10-11H2,1-4H3,(H,21,23)/t15-,18+/m1/s1. The molecule has 4 heteroatoms. The van der Waals surface area contributed by atoms with E-state index in [2.05, 4.69) is 24.3 Å². The Kier molecular flexibility index (Phi) is 4.48. The van der Waals surface area contributed by atoms with Gasteiger partial charge in [0.1, 0.15) is 0 Å². The van der Waals surface area contributed by atoms with Crippen molar-refractivity contribution in [3.05, 3.63) is 42.1 Å². The van der Waals surface area contributed by atoms with Crippen LogP contribution in [0.2, 0.25) is 0 Å². The summed E-state index contributed by atoms with van der Waals surface area (Å²) in [6, 6.07) is 12.3. The molecular formula is C20H26N2O2. The molecule has 1 aromatic heterocycles. The number of nitrogens with zero attached hydrogens (tertiary/aromatic N) is 1. The first-order chi connectivity index (χ1) is 11.4. The first kappa shape index (κ1) is 16.7. The van der Waals surface area contributed by atoms with E-state index in [1.807, 2.05) is 50.2 Å². The first-order valence-electron chi connectivity index (χ1n) is 8.69. The summed E-state index contributed by atoms with van der Waals surface area (Å²) in [5.74, 6) is 1.49. The lowest BCUT2D eigenvalue weighted by Gasteiger charge is -2.52. The van der Waals surface area contributed by atoms with Crippen molar-refractivity contribution in [2.75, 3.05) is 0 Å². The third kappa shape index (κ3) is 3.23. The quantitative estimate of drug-likeness (QED) is 0.901. The SMILES string of the molecule is CC(C)C(=O)N[C@H]1C[C@@H](Cc2cc(-c3ccccc3)on2)C1(C)C. The van der Waals surface area contributed by atoms with Gasteiger partial charge >= 0.3 is 0 Å². The summed E-state index contributed by atoms with van der Waals surface area (Å²) in [5.41, 5.74) is 2.11. The molecule has 1 saturated carbocycles. The monoisotopic (exact) mass is 326 g/mol. The summed E-state index contributed by atoms with van der Waals surface area (Å²) in [7, 11) is 0. The van der Waals surface area contributed by atoms with Crippen LogP contribution in [-0.4, -0.2) is 17.1 Å². The molecule has 0 radical (unpaired) electrons. The van der Waals surface area contributed by atoms with Crippen molar-refractivity contribution in [3.63, 3.8) is 0 Å². The molecule has 0 aliphatic heterocycles. The van der Waals surface area contributed by atoms with Crippen LogP contribution in [0.5, 0.6) is 0 Å². The van der Waals surface area contributed by atoms with Gasteiger partial charge in [-0.05, 0) is 24.2 Å². The lowest BCUT2D eigenvalue weighted by molar-refractivity contribution is -0.128. The lowest BCUT2D eigenvalue weighted by Crippen LogP contribution is -2.59. The van der Waals surface area contributed by atoms with Gasteiger partial charge in [-0.15, -0.1) is 0 Å². The van der Waals surface area contributed by atoms with Gasteiger partial charge in [0.15, 0.2) is 5.76 Å². The average Bonchev–Trinajstić information content (AvgIpc) is 3.03. The van der Waals surface area contributed by atoms with Crippen molar-refractivity contribution < 1.29 is 9.32 Å². The van der Waals surface area contributed by atoms with Crippen molar-refractivity contribution in [2.24, 2.45) is 17.3 Å². The number of carbonyl (C=O) groups excluding carboxylic acids is 1. The molecule has 1 amide bonds. The van der Waals surface area contributed by atoms with E-state index in [-0.39, 0.29) is 23.3 Å². The van der Waals surface area contributed by atoms with Gasteiger partial charge in [-0.1, -0.05) is 63.2 Å². The van der Waals surface area contributed by atoms with Gasteiger partial charge in [-0.3, -0.25) is 4.79 Å². The fourth-order valence-corrected chi connectivity index (χ4v) is 3.34. The fourth-order valence-electron chi connectivity index (χ4n) is 3.34. The van der Waals surface area contributed by atoms with Gasteiger partial charge < -0.3 is 9.84 Å². The molecule has 2 aromatic rings. The predicted octanol–water partition coefficient (Wildman–Crippen LogP) is 4.07. The minimum Gasteiger partial charge on any atom is -0.356 e. The Balaban J connectivity index is 1.62. The van der Waals surface area contributed by atoms with Crippen LogP contribution in [-0.2, 0) is 11.2 Å². The van der Waals surface area contributed by atoms with Gasteiger partial charge in [-0.25, -0.2) is 0 Å². The molecule has 0 bridgehead atoms. The summed E-state index contributed by atoms with van der Waals surface area (Å²) in [6.45, 7) is 8.31. The Bertz CT molecular complexity index is 703. The molecule has 0 unspecified atom stereocenters. The number of benzene rings is 1. The van der Waals surface area contributed by atoms with Gasteiger partial charge in [-0.2, -0.15) is 0 Å². The molecule has 4 nitrogen and oxygen atoms in total. The van der Waals surface area contributed by atoms with Crippen LogP contribution >= 0.6 is 0 Å². The van der Waals surface area contributed by atoms with Gasteiger partial charge in [0.25, 0.3) is 0 Å². The van der Waals surface area contributed by atoms with Gasteiger partial charge in [0.05, 0.1) is 5.69 Å². The van der Waals surface area contributed by atoms with Gasteiger partial charge in [0.2, 0.25) is 5.91 Å². The highest BCUT2D eigenvalue weighted by Crippen LogP contribution is 2.48. The normalized spacial score (nSPS) is 22.2. The Labute approximate surface area is 143 Å². The van der Waals surface area contributed by atoms with Crippen molar-refractivity contribution in [3.8, 4) is 11.3 Å². The third-order valence-corrected chi connectivity index (χ3v) is 5.38. The predicted molar refractivity (Wildman–Crippen MR) is 94.3 cm³/mol. The molecule has 24 heavy (non-hydrogen) atoms. The maximum absolute atomic E-state index is 11.9. The van der Waals surface area contributed by atoms with Crippen LogP contribution in [0.15, 0.2) is 40.9 Å². The molecular weight excluding hydrogens is 300 g/mol. The molecule has 0 saturated heterocycles. The van der Waals surface area contributed by atoms with Crippen molar-refractivity contribution >= 4 is 5.91 Å². The van der Waals surface area contributed by atoms with Crippen LogP contribution in [0.4, 0.5) is 0 Å². The Morgan fingerprint density at radius 3 is 2.67 bits per heavy atom. The highest BCUT2D eigenvalue weighted by Gasteiger charge is 2.48. The second-order valence-electron chi connectivity index (χ2n) is 7.72. The average molecular weight is 326 g/mol. The Morgan fingerprint density at radius 2 is 2.04 bits per heavy atom. The van der Waals surface area contributed by atoms with E-state index < -0.39 is 0 Å². The fraction of sp³-hybridized carbons (Fsp3) is 0.500. The van der Waals surface area contributed by atoms with Crippen LogP contribution in [0.1, 0.15) is 39.8 Å². The maximum atomic E-state index is 11.9. The second-order valence-corrected chi connectivity index (χ2v) is 7.72. The Morgan fingerprint density at radius 1 is 1.33 bits per heavy atom. The molecule has 2 atom stereocenters. The summed E-state index contributed by atoms with van der Waals surface area (Å²) in [4.78, 5) is 11.9. The number of nitrogens with one attached hydrogen (secondary N) is 1. The maximum Gasteiger partial charge on any atom is 0.222 e.